The van der Waals surface area contributed by atoms with Crippen LogP contribution in [0.5, 0.6) is 11.5 Å². The van der Waals surface area contributed by atoms with Gasteiger partial charge in [0.1, 0.15) is 23.7 Å². The van der Waals surface area contributed by atoms with E-state index in [0.29, 0.717) is 17.9 Å². The fraction of sp³-hybridized carbons (Fsp3) is 0.188. The minimum atomic E-state index is -0.320. The van der Waals surface area contributed by atoms with E-state index >= 15 is 0 Å². The highest BCUT2D eigenvalue weighted by atomic mass is 16.5. The summed E-state index contributed by atoms with van der Waals surface area (Å²) in [6.07, 6.45) is -0.320. The highest BCUT2D eigenvalue weighted by molar-refractivity contribution is 5.43. The van der Waals surface area contributed by atoms with Crippen molar-refractivity contribution < 1.29 is 9.47 Å². The molecule has 4 heteroatoms. The Morgan fingerprint density at radius 3 is 2.70 bits per heavy atom. The van der Waals surface area contributed by atoms with Crippen LogP contribution in [0.1, 0.15) is 17.2 Å². The summed E-state index contributed by atoms with van der Waals surface area (Å²) in [5.41, 5.74) is 7.20. The molecule has 2 aromatic carbocycles. The topological polar surface area (TPSA) is 68.3 Å². The summed E-state index contributed by atoms with van der Waals surface area (Å²) in [5, 5.41) is 9.08. The average molecular weight is 268 g/mol. The predicted molar refractivity (Wildman–Crippen MR) is 76.6 cm³/mol. The first-order valence-corrected chi connectivity index (χ1v) is 6.28. The number of para-hydroxylation sites is 1. The monoisotopic (exact) mass is 268 g/mol. The summed E-state index contributed by atoms with van der Waals surface area (Å²) in [7, 11) is 1.61. The first-order chi connectivity index (χ1) is 9.78. The van der Waals surface area contributed by atoms with E-state index in [0.717, 1.165) is 11.3 Å². The fourth-order valence-electron chi connectivity index (χ4n) is 1.91. The Bertz CT molecular complexity index is 620. The zero-order valence-corrected chi connectivity index (χ0v) is 11.2. The number of nitrogens with zero attached hydrogens (tertiary/aromatic N) is 1. The van der Waals surface area contributed by atoms with Gasteiger partial charge < -0.3 is 15.2 Å². The van der Waals surface area contributed by atoms with E-state index < -0.39 is 0 Å². The number of rotatable bonds is 5. The Morgan fingerprint density at radius 1 is 1.20 bits per heavy atom. The maximum atomic E-state index is 9.08. The van der Waals surface area contributed by atoms with Gasteiger partial charge in [0.05, 0.1) is 12.7 Å². The van der Waals surface area contributed by atoms with Gasteiger partial charge in [-0.1, -0.05) is 24.3 Å². The fourth-order valence-corrected chi connectivity index (χ4v) is 1.91. The number of benzene rings is 2. The molecule has 0 saturated carbocycles. The number of nitrogens with two attached hydrogens (primary N) is 1. The molecule has 0 bridgehead atoms. The lowest BCUT2D eigenvalue weighted by Crippen LogP contribution is -2.18. The molecule has 20 heavy (non-hydrogen) atoms. The summed E-state index contributed by atoms with van der Waals surface area (Å²) in [6, 6.07) is 16.8. The molecule has 1 atom stereocenters. The van der Waals surface area contributed by atoms with Gasteiger partial charge in [-0.15, -0.1) is 0 Å². The summed E-state index contributed by atoms with van der Waals surface area (Å²) in [6.45, 7) is 0.312. The van der Waals surface area contributed by atoms with Gasteiger partial charge in [0.2, 0.25) is 0 Å². The Morgan fingerprint density at radius 2 is 2.00 bits per heavy atom. The molecule has 0 saturated heterocycles. The quantitative estimate of drug-likeness (QED) is 0.905. The van der Waals surface area contributed by atoms with E-state index in [-0.39, 0.29) is 6.10 Å². The molecule has 102 valence electrons. The first-order valence-electron chi connectivity index (χ1n) is 6.28. The van der Waals surface area contributed by atoms with Crippen LogP contribution >= 0.6 is 0 Å². The number of nitriles is 1. The van der Waals surface area contributed by atoms with Gasteiger partial charge in [0.25, 0.3) is 0 Å². The summed E-state index contributed by atoms with van der Waals surface area (Å²) >= 11 is 0. The molecule has 0 aromatic heterocycles. The zero-order valence-electron chi connectivity index (χ0n) is 11.2. The highest BCUT2D eigenvalue weighted by Crippen LogP contribution is 2.26. The van der Waals surface area contributed by atoms with Crippen molar-refractivity contribution in [3.8, 4) is 17.6 Å². The molecule has 2 rings (SSSR count). The van der Waals surface area contributed by atoms with Crippen LogP contribution in [0, 0.1) is 11.3 Å². The van der Waals surface area contributed by atoms with Gasteiger partial charge in [-0.3, -0.25) is 0 Å². The summed E-state index contributed by atoms with van der Waals surface area (Å²) in [4.78, 5) is 0. The molecule has 0 radical (unpaired) electrons. The van der Waals surface area contributed by atoms with Crippen molar-refractivity contribution in [2.75, 3.05) is 13.7 Å². The predicted octanol–water partition coefficient (Wildman–Crippen LogP) is 2.65. The second kappa shape index (κ2) is 6.60. The van der Waals surface area contributed by atoms with Crippen molar-refractivity contribution >= 4 is 0 Å². The zero-order chi connectivity index (χ0) is 14.4. The summed E-state index contributed by atoms with van der Waals surface area (Å²) < 4.78 is 11.1. The lowest BCUT2D eigenvalue weighted by atomic mass is 10.1. The molecular formula is C16H16N2O2. The van der Waals surface area contributed by atoms with Crippen molar-refractivity contribution in [3.63, 3.8) is 0 Å². The molecule has 0 aliphatic carbocycles. The van der Waals surface area contributed by atoms with Crippen LogP contribution < -0.4 is 15.2 Å². The van der Waals surface area contributed by atoms with E-state index in [1.165, 1.54) is 0 Å². The molecule has 0 aliphatic heterocycles. The Hall–Kier alpha value is -2.51. The van der Waals surface area contributed by atoms with Gasteiger partial charge in [-0.2, -0.15) is 5.26 Å². The molecule has 2 aromatic rings. The third-order valence-corrected chi connectivity index (χ3v) is 2.96. The van der Waals surface area contributed by atoms with E-state index in [9.17, 15) is 0 Å². The van der Waals surface area contributed by atoms with Crippen LogP contribution in [0.25, 0.3) is 0 Å². The summed E-state index contributed by atoms with van der Waals surface area (Å²) in [5.74, 6) is 1.28. The van der Waals surface area contributed by atoms with Crippen LogP contribution in [0.15, 0.2) is 48.5 Å². The molecule has 0 aliphatic rings. The third kappa shape index (κ3) is 3.08. The largest absolute Gasteiger partial charge is 0.497 e. The van der Waals surface area contributed by atoms with Crippen molar-refractivity contribution in [2.45, 2.75) is 6.10 Å². The lowest BCUT2D eigenvalue weighted by molar-refractivity contribution is 0.213. The molecule has 0 fully saturated rings. The standard InChI is InChI=1S/C16H16N2O2/c1-19-14-7-4-6-12(9-14)16(11-18)20-15-8-3-2-5-13(15)10-17/h2-9,16H,11,18H2,1H3. The second-order valence-corrected chi connectivity index (χ2v) is 4.23. The van der Waals surface area contributed by atoms with Crippen LogP contribution in [0.4, 0.5) is 0 Å². The normalized spacial score (nSPS) is 11.4. The molecule has 1 unspecified atom stereocenters. The van der Waals surface area contributed by atoms with Crippen LogP contribution in [-0.4, -0.2) is 13.7 Å². The highest BCUT2D eigenvalue weighted by Gasteiger charge is 2.14. The second-order valence-electron chi connectivity index (χ2n) is 4.23. The van der Waals surface area contributed by atoms with E-state index in [1.807, 2.05) is 30.3 Å². The smallest absolute Gasteiger partial charge is 0.138 e. The Labute approximate surface area is 118 Å². The molecule has 4 nitrogen and oxygen atoms in total. The Kier molecular flexibility index (Phi) is 4.59. The first kappa shape index (κ1) is 13.9. The number of ether oxygens (including phenoxy) is 2. The van der Waals surface area contributed by atoms with Crippen LogP contribution in [0.2, 0.25) is 0 Å². The number of hydrogen-bond acceptors (Lipinski definition) is 4. The third-order valence-electron chi connectivity index (χ3n) is 2.96. The van der Waals surface area contributed by atoms with Crippen LogP contribution in [0.3, 0.4) is 0 Å². The molecular weight excluding hydrogens is 252 g/mol. The van der Waals surface area contributed by atoms with Crippen molar-refractivity contribution in [1.29, 1.82) is 5.26 Å². The van der Waals surface area contributed by atoms with Crippen molar-refractivity contribution in [3.05, 3.63) is 59.7 Å². The molecule has 2 N–H and O–H groups in total. The lowest BCUT2D eigenvalue weighted by Gasteiger charge is -2.19. The van der Waals surface area contributed by atoms with Crippen molar-refractivity contribution in [2.24, 2.45) is 5.73 Å². The van der Waals surface area contributed by atoms with Crippen LogP contribution in [-0.2, 0) is 0 Å². The van der Waals surface area contributed by atoms with Gasteiger partial charge in [-0.25, -0.2) is 0 Å². The molecule has 0 amide bonds. The minimum absolute atomic E-state index is 0.312. The minimum Gasteiger partial charge on any atom is -0.497 e. The van der Waals surface area contributed by atoms with Gasteiger partial charge in [0, 0.05) is 6.54 Å². The van der Waals surface area contributed by atoms with E-state index in [2.05, 4.69) is 6.07 Å². The molecule has 0 spiro atoms. The number of methoxy groups -OCH3 is 1. The number of hydrogen-bond donors (Lipinski definition) is 1. The SMILES string of the molecule is COc1cccc(C(CN)Oc2ccccc2C#N)c1. The average Bonchev–Trinajstić information content (AvgIpc) is 2.53. The van der Waals surface area contributed by atoms with Crippen molar-refractivity contribution in [1.82, 2.24) is 0 Å². The van der Waals surface area contributed by atoms with E-state index in [4.69, 9.17) is 20.5 Å². The maximum absolute atomic E-state index is 9.08. The maximum Gasteiger partial charge on any atom is 0.138 e. The molecule has 0 heterocycles. The Balaban J connectivity index is 2.27. The van der Waals surface area contributed by atoms with Gasteiger partial charge in [0.15, 0.2) is 0 Å². The van der Waals surface area contributed by atoms with Gasteiger partial charge >= 0.3 is 0 Å². The van der Waals surface area contributed by atoms with Gasteiger partial charge in [-0.05, 0) is 29.8 Å². The van der Waals surface area contributed by atoms with E-state index in [1.54, 1.807) is 25.3 Å².